The summed E-state index contributed by atoms with van der Waals surface area (Å²) in [5.74, 6) is 0.453. The van der Waals surface area contributed by atoms with Crippen molar-refractivity contribution >= 4 is 10.0 Å². The van der Waals surface area contributed by atoms with E-state index in [1.54, 1.807) is 13.2 Å². The predicted octanol–water partition coefficient (Wildman–Crippen LogP) is 0.395. The maximum Gasteiger partial charge on any atom is 0.276 e. The van der Waals surface area contributed by atoms with E-state index in [2.05, 4.69) is 0 Å². The van der Waals surface area contributed by atoms with Crippen molar-refractivity contribution < 1.29 is 17.6 Å². The average Bonchev–Trinajstić information content (AvgIpc) is 2.78. The molecule has 6 nitrogen and oxygen atoms in total. The Hall–Kier alpha value is -0.890. The Labute approximate surface area is 101 Å². The number of hydrogen-bond acceptors (Lipinski definition) is 5. The Morgan fingerprint density at radius 2 is 2.18 bits per heavy atom. The van der Waals surface area contributed by atoms with Gasteiger partial charge in [0.2, 0.25) is 5.09 Å². The minimum atomic E-state index is -3.55. The van der Waals surface area contributed by atoms with E-state index in [-0.39, 0.29) is 11.6 Å². The van der Waals surface area contributed by atoms with E-state index in [1.165, 1.54) is 17.4 Å². The van der Waals surface area contributed by atoms with Gasteiger partial charge in [-0.15, -0.1) is 0 Å². The van der Waals surface area contributed by atoms with E-state index in [9.17, 15) is 8.42 Å². The van der Waals surface area contributed by atoms with Crippen molar-refractivity contribution in [1.82, 2.24) is 4.31 Å². The number of methoxy groups -OCH3 is 1. The highest BCUT2D eigenvalue weighted by Gasteiger charge is 2.23. The number of hydrogen-bond donors (Lipinski definition) is 1. The molecule has 0 bridgehead atoms. The van der Waals surface area contributed by atoms with Crippen molar-refractivity contribution in [2.45, 2.75) is 18.1 Å². The number of nitrogens with zero attached hydrogens (tertiary/aromatic N) is 1. The van der Waals surface area contributed by atoms with Gasteiger partial charge in [-0.3, -0.25) is 0 Å². The van der Waals surface area contributed by atoms with Gasteiger partial charge in [-0.1, -0.05) is 0 Å². The molecule has 0 unspecified atom stereocenters. The van der Waals surface area contributed by atoms with Crippen LogP contribution in [0.4, 0.5) is 0 Å². The summed E-state index contributed by atoms with van der Waals surface area (Å²) in [7, 11) is -0.466. The smallest absolute Gasteiger partial charge is 0.276 e. The summed E-state index contributed by atoms with van der Waals surface area (Å²) in [4.78, 5) is 0. The topological polar surface area (TPSA) is 85.8 Å². The normalized spacial score (nSPS) is 12.2. The van der Waals surface area contributed by atoms with E-state index in [0.717, 1.165) is 0 Å². The zero-order valence-corrected chi connectivity index (χ0v) is 10.9. The van der Waals surface area contributed by atoms with E-state index in [0.29, 0.717) is 25.3 Å². The van der Waals surface area contributed by atoms with Gasteiger partial charge in [0, 0.05) is 27.3 Å². The summed E-state index contributed by atoms with van der Waals surface area (Å²) in [6.45, 7) is 1.09. The van der Waals surface area contributed by atoms with Gasteiger partial charge in [0.1, 0.15) is 5.76 Å². The molecule has 0 amide bonds. The lowest BCUT2D eigenvalue weighted by molar-refractivity contribution is 0.189. The van der Waals surface area contributed by atoms with Gasteiger partial charge in [0.25, 0.3) is 10.0 Å². The molecule has 7 heteroatoms. The van der Waals surface area contributed by atoms with Gasteiger partial charge in [0.05, 0.1) is 6.54 Å². The molecular formula is C10H18N2O4S. The van der Waals surface area contributed by atoms with Crippen LogP contribution in [0.5, 0.6) is 0 Å². The second-order valence-corrected chi connectivity index (χ2v) is 5.57. The first-order valence-corrected chi connectivity index (χ1v) is 6.70. The van der Waals surface area contributed by atoms with Crippen LogP contribution < -0.4 is 5.73 Å². The molecule has 0 saturated carbocycles. The number of rotatable bonds is 7. The van der Waals surface area contributed by atoms with Gasteiger partial charge in [0.15, 0.2) is 0 Å². The summed E-state index contributed by atoms with van der Waals surface area (Å²) in [5, 5.41) is -0.0714. The van der Waals surface area contributed by atoms with Crippen molar-refractivity contribution in [3.05, 3.63) is 17.9 Å². The van der Waals surface area contributed by atoms with Crippen LogP contribution in [-0.4, -0.2) is 40.0 Å². The Morgan fingerprint density at radius 3 is 2.71 bits per heavy atom. The van der Waals surface area contributed by atoms with E-state index < -0.39 is 10.0 Å². The van der Waals surface area contributed by atoms with Gasteiger partial charge in [-0.2, -0.15) is 4.31 Å². The molecule has 0 aromatic carbocycles. The molecule has 0 atom stereocenters. The minimum Gasteiger partial charge on any atom is -0.447 e. The maximum atomic E-state index is 12.0. The predicted molar refractivity (Wildman–Crippen MR) is 62.9 cm³/mol. The number of sulfonamides is 1. The largest absolute Gasteiger partial charge is 0.447 e. The molecular weight excluding hydrogens is 244 g/mol. The Kier molecular flexibility index (Phi) is 5.13. The molecule has 0 fully saturated rings. The first-order chi connectivity index (χ1) is 8.02. The summed E-state index contributed by atoms with van der Waals surface area (Å²) in [5.41, 5.74) is 5.36. The van der Waals surface area contributed by atoms with E-state index in [1.807, 2.05) is 0 Å². The number of furan rings is 1. The molecule has 17 heavy (non-hydrogen) atoms. The highest BCUT2D eigenvalue weighted by molar-refractivity contribution is 7.89. The molecule has 2 N–H and O–H groups in total. The van der Waals surface area contributed by atoms with Crippen LogP contribution in [0.2, 0.25) is 0 Å². The third-order valence-electron chi connectivity index (χ3n) is 2.32. The molecule has 1 aromatic rings. The fourth-order valence-electron chi connectivity index (χ4n) is 1.31. The van der Waals surface area contributed by atoms with Crippen LogP contribution in [0.25, 0.3) is 0 Å². The molecule has 0 saturated heterocycles. The van der Waals surface area contributed by atoms with Gasteiger partial charge < -0.3 is 14.9 Å². The molecule has 0 spiro atoms. The van der Waals surface area contributed by atoms with Gasteiger partial charge in [-0.05, 0) is 18.6 Å². The minimum absolute atomic E-state index is 0.0714. The Morgan fingerprint density at radius 1 is 1.47 bits per heavy atom. The summed E-state index contributed by atoms with van der Waals surface area (Å²) >= 11 is 0. The molecule has 98 valence electrons. The summed E-state index contributed by atoms with van der Waals surface area (Å²) < 4.78 is 35.3. The first-order valence-electron chi connectivity index (χ1n) is 5.26. The van der Waals surface area contributed by atoms with Crippen molar-refractivity contribution in [3.8, 4) is 0 Å². The number of ether oxygens (including phenoxy) is 1. The Balaban J connectivity index is 2.73. The molecule has 1 aromatic heterocycles. The van der Waals surface area contributed by atoms with Crippen LogP contribution in [0.3, 0.4) is 0 Å². The van der Waals surface area contributed by atoms with Crippen LogP contribution >= 0.6 is 0 Å². The quantitative estimate of drug-likeness (QED) is 0.719. The van der Waals surface area contributed by atoms with Gasteiger partial charge in [-0.25, -0.2) is 8.42 Å². The zero-order chi connectivity index (χ0) is 12.9. The first kappa shape index (κ1) is 14.2. The molecule has 0 aliphatic heterocycles. The van der Waals surface area contributed by atoms with Crippen molar-refractivity contribution in [2.75, 3.05) is 27.3 Å². The third kappa shape index (κ3) is 3.53. The molecule has 0 aliphatic carbocycles. The molecule has 1 heterocycles. The average molecular weight is 262 g/mol. The van der Waals surface area contributed by atoms with E-state index in [4.69, 9.17) is 14.9 Å². The van der Waals surface area contributed by atoms with Gasteiger partial charge >= 0.3 is 0 Å². The second kappa shape index (κ2) is 6.15. The molecule has 0 aliphatic rings. The lowest BCUT2D eigenvalue weighted by Gasteiger charge is -2.14. The van der Waals surface area contributed by atoms with Crippen LogP contribution in [-0.2, 0) is 21.3 Å². The maximum absolute atomic E-state index is 12.0. The molecule has 1 rings (SSSR count). The summed E-state index contributed by atoms with van der Waals surface area (Å²) in [6.07, 6.45) is 0.636. The standard InChI is InChI=1S/C10H18N2O4S/c1-12(6-3-7-15-2)17(13,14)10-5-4-9(8-11)16-10/h4-5H,3,6-8,11H2,1-2H3. The number of nitrogens with two attached hydrogens (primary N) is 1. The lowest BCUT2D eigenvalue weighted by Crippen LogP contribution is -2.28. The Bertz CT molecular complexity index is 441. The fourth-order valence-corrected chi connectivity index (χ4v) is 2.44. The monoisotopic (exact) mass is 262 g/mol. The second-order valence-electron chi connectivity index (χ2n) is 3.60. The third-order valence-corrected chi connectivity index (χ3v) is 4.06. The zero-order valence-electron chi connectivity index (χ0n) is 10.0. The molecule has 0 radical (unpaired) electrons. The van der Waals surface area contributed by atoms with Crippen LogP contribution in [0.15, 0.2) is 21.6 Å². The lowest BCUT2D eigenvalue weighted by atomic mass is 10.5. The summed E-state index contributed by atoms with van der Waals surface area (Å²) in [6, 6.07) is 2.99. The van der Waals surface area contributed by atoms with E-state index >= 15 is 0 Å². The van der Waals surface area contributed by atoms with Crippen molar-refractivity contribution in [2.24, 2.45) is 5.73 Å². The van der Waals surface area contributed by atoms with Crippen LogP contribution in [0, 0.1) is 0 Å². The highest BCUT2D eigenvalue weighted by Crippen LogP contribution is 2.17. The van der Waals surface area contributed by atoms with Crippen molar-refractivity contribution in [1.29, 1.82) is 0 Å². The van der Waals surface area contributed by atoms with Crippen molar-refractivity contribution in [3.63, 3.8) is 0 Å². The SMILES string of the molecule is COCCCN(C)S(=O)(=O)c1ccc(CN)o1. The fraction of sp³-hybridized carbons (Fsp3) is 0.600. The van der Waals surface area contributed by atoms with Crippen LogP contribution in [0.1, 0.15) is 12.2 Å². The highest BCUT2D eigenvalue weighted by atomic mass is 32.2.